The summed E-state index contributed by atoms with van der Waals surface area (Å²) in [4.78, 5) is 56.5. The van der Waals surface area contributed by atoms with Gasteiger partial charge in [-0.3, -0.25) is 24.1 Å². The highest BCUT2D eigenvalue weighted by Crippen LogP contribution is 2.35. The van der Waals surface area contributed by atoms with E-state index in [9.17, 15) is 19.2 Å². The molecular formula is C32H39N3O4. The predicted octanol–water partition coefficient (Wildman–Crippen LogP) is 4.19. The van der Waals surface area contributed by atoms with Crippen molar-refractivity contribution in [2.75, 3.05) is 6.54 Å². The van der Waals surface area contributed by atoms with Gasteiger partial charge >= 0.3 is 0 Å². The molecule has 0 saturated carbocycles. The van der Waals surface area contributed by atoms with E-state index in [0.29, 0.717) is 19.3 Å². The summed E-state index contributed by atoms with van der Waals surface area (Å²) in [6.07, 6.45) is 5.33. The van der Waals surface area contributed by atoms with Crippen molar-refractivity contribution in [3.8, 4) is 0 Å². The van der Waals surface area contributed by atoms with E-state index >= 15 is 0 Å². The van der Waals surface area contributed by atoms with Gasteiger partial charge in [-0.15, -0.1) is 0 Å². The minimum Gasteiger partial charge on any atom is -0.350 e. The maximum Gasteiger partial charge on any atom is 0.243 e. The van der Waals surface area contributed by atoms with Crippen molar-refractivity contribution in [2.45, 2.75) is 71.5 Å². The molecular weight excluding hydrogens is 490 g/mol. The number of hydrogen-bond donors (Lipinski definition) is 1. The van der Waals surface area contributed by atoms with Gasteiger partial charge in [0.05, 0.1) is 11.8 Å². The van der Waals surface area contributed by atoms with Crippen LogP contribution in [-0.4, -0.2) is 51.6 Å². The van der Waals surface area contributed by atoms with Gasteiger partial charge in [-0.2, -0.15) is 0 Å². The number of nitrogens with one attached hydrogen (secondary N) is 1. The van der Waals surface area contributed by atoms with E-state index in [-0.39, 0.29) is 55.0 Å². The van der Waals surface area contributed by atoms with Gasteiger partial charge in [0.15, 0.2) is 0 Å². The molecule has 206 valence electrons. The molecule has 39 heavy (non-hydrogen) atoms. The molecule has 0 spiro atoms. The van der Waals surface area contributed by atoms with Crippen molar-refractivity contribution < 1.29 is 19.2 Å². The summed E-state index contributed by atoms with van der Waals surface area (Å²) in [6, 6.07) is 16.7. The highest BCUT2D eigenvalue weighted by atomic mass is 16.2. The Bertz CT molecular complexity index is 1220. The molecule has 2 aromatic carbocycles. The zero-order valence-corrected chi connectivity index (χ0v) is 23.4. The monoisotopic (exact) mass is 529 g/mol. The lowest BCUT2D eigenvalue weighted by molar-refractivity contribution is -0.144. The van der Waals surface area contributed by atoms with Crippen LogP contribution in [0.3, 0.4) is 0 Å². The maximum atomic E-state index is 13.9. The molecule has 1 fully saturated rings. The molecule has 4 rings (SSSR count). The molecule has 0 radical (unpaired) electrons. The number of fused-ring (bicyclic) bond motifs is 1. The van der Waals surface area contributed by atoms with E-state index in [0.717, 1.165) is 16.7 Å². The number of carbonyl (C=O) groups excluding carboxylic acids is 4. The van der Waals surface area contributed by atoms with Crippen molar-refractivity contribution in [1.29, 1.82) is 0 Å². The standard InChI is InChI=1S/C32H39N3O4/c1-22-12-8-9-15-24(22)21-35(27(29(37)33-32(2,3)4)20-23-13-6-5-7-14-23)28(36)18-19-34-30(38)25-16-10-11-17-26(25)31(34)39/h5-15,25-27H,16-21H2,1-4H3,(H,33,37)/t25-,26+,27-/m1/s1. The van der Waals surface area contributed by atoms with Crippen molar-refractivity contribution in [3.05, 3.63) is 83.4 Å². The van der Waals surface area contributed by atoms with E-state index in [1.165, 1.54) is 4.90 Å². The largest absolute Gasteiger partial charge is 0.350 e. The highest BCUT2D eigenvalue weighted by molar-refractivity contribution is 6.05. The molecule has 4 amide bonds. The van der Waals surface area contributed by atoms with Crippen LogP contribution in [0.4, 0.5) is 0 Å². The van der Waals surface area contributed by atoms with E-state index in [2.05, 4.69) is 5.32 Å². The lowest BCUT2D eigenvalue weighted by Crippen LogP contribution is -2.54. The third kappa shape index (κ3) is 6.83. The molecule has 2 aromatic rings. The van der Waals surface area contributed by atoms with Crippen molar-refractivity contribution in [1.82, 2.24) is 15.1 Å². The Morgan fingerprint density at radius 2 is 1.54 bits per heavy atom. The molecule has 1 heterocycles. The highest BCUT2D eigenvalue weighted by Gasteiger charge is 2.47. The van der Waals surface area contributed by atoms with Gasteiger partial charge in [0.1, 0.15) is 6.04 Å². The number of carbonyl (C=O) groups is 4. The number of allylic oxidation sites excluding steroid dienone is 2. The van der Waals surface area contributed by atoms with Crippen LogP contribution in [0.5, 0.6) is 0 Å². The summed E-state index contributed by atoms with van der Waals surface area (Å²) in [6.45, 7) is 7.99. The van der Waals surface area contributed by atoms with Crippen molar-refractivity contribution >= 4 is 23.6 Å². The molecule has 0 unspecified atom stereocenters. The first-order valence-electron chi connectivity index (χ1n) is 13.8. The van der Waals surface area contributed by atoms with Crippen molar-refractivity contribution in [2.24, 2.45) is 11.8 Å². The van der Waals surface area contributed by atoms with Crippen LogP contribution in [-0.2, 0) is 32.1 Å². The average Bonchev–Trinajstić information content (AvgIpc) is 3.14. The summed E-state index contributed by atoms with van der Waals surface area (Å²) in [5.41, 5.74) is 2.42. The summed E-state index contributed by atoms with van der Waals surface area (Å²) < 4.78 is 0. The van der Waals surface area contributed by atoms with Gasteiger partial charge in [0.25, 0.3) is 0 Å². The summed E-state index contributed by atoms with van der Waals surface area (Å²) >= 11 is 0. The SMILES string of the molecule is Cc1ccccc1CN(C(=O)CCN1C(=O)[C@H]2CC=CC[C@H]2C1=O)[C@H](Cc1ccccc1)C(=O)NC(C)(C)C. The van der Waals surface area contributed by atoms with Crippen LogP contribution in [0.2, 0.25) is 0 Å². The van der Waals surface area contributed by atoms with Gasteiger partial charge in [-0.1, -0.05) is 66.7 Å². The van der Waals surface area contributed by atoms with Crippen LogP contribution < -0.4 is 5.32 Å². The Balaban J connectivity index is 1.61. The maximum absolute atomic E-state index is 13.9. The second-order valence-electron chi connectivity index (χ2n) is 11.6. The fraction of sp³-hybridized carbons (Fsp3) is 0.438. The fourth-order valence-electron chi connectivity index (χ4n) is 5.42. The lowest BCUT2D eigenvalue weighted by atomic mass is 9.85. The minimum absolute atomic E-state index is 0.0206. The van der Waals surface area contributed by atoms with Gasteiger partial charge in [-0.25, -0.2) is 0 Å². The molecule has 7 nitrogen and oxygen atoms in total. The number of likely N-dealkylation sites (tertiary alicyclic amines) is 1. The fourth-order valence-corrected chi connectivity index (χ4v) is 5.42. The summed E-state index contributed by atoms with van der Waals surface area (Å²) in [5, 5.41) is 3.06. The van der Waals surface area contributed by atoms with Crippen LogP contribution in [0.1, 0.15) is 56.7 Å². The summed E-state index contributed by atoms with van der Waals surface area (Å²) in [7, 11) is 0. The lowest BCUT2D eigenvalue weighted by Gasteiger charge is -2.34. The number of rotatable bonds is 9. The number of nitrogens with zero attached hydrogens (tertiary/aromatic N) is 2. The summed E-state index contributed by atoms with van der Waals surface area (Å²) in [5.74, 6) is -1.55. The number of aryl methyl sites for hydroxylation is 1. The third-order valence-corrected chi connectivity index (χ3v) is 7.52. The zero-order valence-electron chi connectivity index (χ0n) is 23.4. The quantitative estimate of drug-likeness (QED) is 0.390. The number of imide groups is 1. The van der Waals surface area contributed by atoms with Crippen LogP contribution in [0.15, 0.2) is 66.7 Å². The molecule has 3 atom stereocenters. The van der Waals surface area contributed by atoms with Gasteiger partial charge in [0.2, 0.25) is 23.6 Å². The van der Waals surface area contributed by atoms with Crippen molar-refractivity contribution in [3.63, 3.8) is 0 Å². The molecule has 1 saturated heterocycles. The molecule has 7 heteroatoms. The van der Waals surface area contributed by atoms with E-state index in [1.807, 2.05) is 94.4 Å². The van der Waals surface area contributed by atoms with E-state index in [1.54, 1.807) is 4.90 Å². The van der Waals surface area contributed by atoms with Crippen LogP contribution in [0.25, 0.3) is 0 Å². The van der Waals surface area contributed by atoms with Gasteiger partial charge in [-0.05, 0) is 57.2 Å². The number of hydrogen-bond acceptors (Lipinski definition) is 4. The first-order valence-corrected chi connectivity index (χ1v) is 13.8. The van der Waals surface area contributed by atoms with Gasteiger partial charge in [0, 0.05) is 31.5 Å². The first-order chi connectivity index (χ1) is 18.5. The second kappa shape index (κ2) is 12.0. The number of benzene rings is 2. The van der Waals surface area contributed by atoms with Crippen LogP contribution >= 0.6 is 0 Å². The second-order valence-corrected chi connectivity index (χ2v) is 11.6. The molecule has 1 N–H and O–H groups in total. The van der Waals surface area contributed by atoms with Crippen LogP contribution in [0, 0.1) is 18.8 Å². The Morgan fingerprint density at radius 1 is 0.949 bits per heavy atom. The van der Waals surface area contributed by atoms with Gasteiger partial charge < -0.3 is 10.2 Å². The number of amides is 4. The first kappa shape index (κ1) is 28.3. The normalized spacial score (nSPS) is 19.5. The molecule has 1 aliphatic carbocycles. The minimum atomic E-state index is -0.768. The molecule has 1 aliphatic heterocycles. The smallest absolute Gasteiger partial charge is 0.243 e. The Kier molecular flexibility index (Phi) is 8.68. The molecule has 0 bridgehead atoms. The predicted molar refractivity (Wildman–Crippen MR) is 150 cm³/mol. The third-order valence-electron chi connectivity index (χ3n) is 7.52. The Hall–Kier alpha value is -3.74. The Labute approximate surface area is 231 Å². The zero-order chi connectivity index (χ0) is 28.2. The average molecular weight is 530 g/mol. The van der Waals surface area contributed by atoms with E-state index in [4.69, 9.17) is 0 Å². The Morgan fingerprint density at radius 3 is 2.13 bits per heavy atom. The topological polar surface area (TPSA) is 86.8 Å². The van der Waals surface area contributed by atoms with E-state index < -0.39 is 11.6 Å². The molecule has 2 aliphatic rings. The molecule has 0 aromatic heterocycles.